The number of benzene rings is 1. The van der Waals surface area contributed by atoms with E-state index in [0.29, 0.717) is 5.88 Å². The van der Waals surface area contributed by atoms with E-state index < -0.39 is 29.3 Å². The summed E-state index contributed by atoms with van der Waals surface area (Å²) in [7, 11) is 4.53. The molecule has 0 N–H and O–H groups in total. The van der Waals surface area contributed by atoms with Crippen molar-refractivity contribution in [3.63, 3.8) is 0 Å². The van der Waals surface area contributed by atoms with E-state index in [0.717, 1.165) is 12.1 Å². The summed E-state index contributed by atoms with van der Waals surface area (Å²) >= 11 is 0. The van der Waals surface area contributed by atoms with Gasteiger partial charge in [-0.25, -0.2) is 4.98 Å². The maximum absolute atomic E-state index is 13.4. The van der Waals surface area contributed by atoms with Gasteiger partial charge in [0.1, 0.15) is 6.04 Å². The smallest absolute Gasteiger partial charge is 0.417 e. The number of rotatable bonds is 4. The molecule has 174 valence electrons. The van der Waals surface area contributed by atoms with Crippen LogP contribution in [0.1, 0.15) is 21.5 Å². The van der Waals surface area contributed by atoms with Crippen LogP contribution in [0.2, 0.25) is 0 Å². The molecule has 1 atom stereocenters. The van der Waals surface area contributed by atoms with Crippen LogP contribution < -0.4 is 9.64 Å². The Morgan fingerprint density at radius 1 is 1.21 bits per heavy atom. The molecular weight excluding hydrogens is 439 g/mol. The number of alkyl halides is 3. The van der Waals surface area contributed by atoms with Crippen molar-refractivity contribution in [2.75, 3.05) is 45.7 Å². The monoisotopic (exact) mass is 461 g/mol. The minimum atomic E-state index is -4.70. The van der Waals surface area contributed by atoms with Crippen molar-refractivity contribution in [1.29, 1.82) is 5.26 Å². The van der Waals surface area contributed by atoms with E-state index in [-0.39, 0.29) is 36.8 Å². The van der Waals surface area contributed by atoms with Gasteiger partial charge in [-0.3, -0.25) is 9.59 Å². The van der Waals surface area contributed by atoms with Crippen LogP contribution in [-0.2, 0) is 11.0 Å². The molecule has 1 fully saturated rings. The molecule has 1 aromatic heterocycles. The third-order valence-corrected chi connectivity index (χ3v) is 5.35. The van der Waals surface area contributed by atoms with Gasteiger partial charge in [0.05, 0.1) is 29.9 Å². The largest absolute Gasteiger partial charge is 0.481 e. The standard InChI is InChI=1S/C22H22F3N5O3/c1-28(2)21(32)18-13-29(16-6-4-14(11-26)17(10-16)22(23,24)25)8-9-30(18)20(31)15-5-7-19(33-3)27-12-15/h4-7,10,12,18H,8-9,13H2,1-3H3. The Morgan fingerprint density at radius 3 is 2.48 bits per heavy atom. The molecule has 33 heavy (non-hydrogen) atoms. The van der Waals surface area contributed by atoms with Crippen LogP contribution in [0.5, 0.6) is 5.88 Å². The highest BCUT2D eigenvalue weighted by atomic mass is 19.4. The van der Waals surface area contributed by atoms with Crippen molar-refractivity contribution in [2.45, 2.75) is 12.2 Å². The Morgan fingerprint density at radius 2 is 1.94 bits per heavy atom. The van der Waals surface area contributed by atoms with Gasteiger partial charge in [0.2, 0.25) is 11.8 Å². The quantitative estimate of drug-likeness (QED) is 0.695. The summed E-state index contributed by atoms with van der Waals surface area (Å²) in [4.78, 5) is 34.4. The van der Waals surface area contributed by atoms with Gasteiger partial charge in [-0.2, -0.15) is 18.4 Å². The molecule has 2 amide bonds. The number of hydrogen-bond acceptors (Lipinski definition) is 6. The number of aromatic nitrogens is 1. The molecule has 0 saturated carbocycles. The third-order valence-electron chi connectivity index (χ3n) is 5.35. The predicted molar refractivity (Wildman–Crippen MR) is 113 cm³/mol. The van der Waals surface area contributed by atoms with Crippen LogP contribution in [0.3, 0.4) is 0 Å². The first kappa shape index (κ1) is 23.8. The molecule has 1 unspecified atom stereocenters. The summed E-state index contributed by atoms with van der Waals surface area (Å²) in [6.07, 6.45) is -3.35. The number of methoxy groups -OCH3 is 1. The molecule has 3 rings (SSSR count). The van der Waals surface area contributed by atoms with Gasteiger partial charge in [0, 0.05) is 51.7 Å². The number of pyridine rings is 1. The number of piperazine rings is 1. The Hall–Kier alpha value is -3.81. The first-order valence-electron chi connectivity index (χ1n) is 9.95. The summed E-state index contributed by atoms with van der Waals surface area (Å²) in [5.74, 6) is -0.446. The molecule has 1 saturated heterocycles. The molecular formula is C22H22F3N5O3. The maximum Gasteiger partial charge on any atom is 0.417 e. The second-order valence-electron chi connectivity index (χ2n) is 7.62. The number of halogens is 3. The molecule has 1 aliphatic rings. The van der Waals surface area contributed by atoms with Crippen LogP contribution >= 0.6 is 0 Å². The lowest BCUT2D eigenvalue weighted by molar-refractivity contribution is -0.138. The molecule has 0 spiro atoms. The number of amides is 2. The highest BCUT2D eigenvalue weighted by Crippen LogP contribution is 2.35. The van der Waals surface area contributed by atoms with Crippen LogP contribution in [0.15, 0.2) is 36.5 Å². The van der Waals surface area contributed by atoms with Crippen LogP contribution in [0.4, 0.5) is 18.9 Å². The molecule has 0 aliphatic carbocycles. The van der Waals surface area contributed by atoms with Gasteiger partial charge in [-0.1, -0.05) is 0 Å². The fourth-order valence-electron chi connectivity index (χ4n) is 3.62. The van der Waals surface area contributed by atoms with Gasteiger partial charge in [-0.05, 0) is 24.3 Å². The molecule has 11 heteroatoms. The molecule has 0 radical (unpaired) electrons. The van der Waals surface area contributed by atoms with Crippen molar-refractivity contribution < 1.29 is 27.5 Å². The summed E-state index contributed by atoms with van der Waals surface area (Å²) < 4.78 is 45.2. The van der Waals surface area contributed by atoms with Crippen molar-refractivity contribution in [2.24, 2.45) is 0 Å². The summed E-state index contributed by atoms with van der Waals surface area (Å²) in [5, 5.41) is 9.03. The lowest BCUT2D eigenvalue weighted by Gasteiger charge is -2.42. The minimum Gasteiger partial charge on any atom is -0.481 e. The zero-order valence-corrected chi connectivity index (χ0v) is 18.3. The number of carbonyl (C=O) groups excluding carboxylic acids is 2. The van der Waals surface area contributed by atoms with Crippen LogP contribution in [-0.4, -0.2) is 73.5 Å². The molecule has 8 nitrogen and oxygen atoms in total. The SMILES string of the molecule is COc1ccc(C(=O)N2CCN(c3ccc(C#N)c(C(F)(F)F)c3)CC2C(=O)N(C)C)cn1. The second kappa shape index (κ2) is 9.36. The minimum absolute atomic E-state index is 0.00443. The average Bonchev–Trinajstić information content (AvgIpc) is 2.81. The van der Waals surface area contributed by atoms with Gasteiger partial charge in [-0.15, -0.1) is 0 Å². The highest BCUT2D eigenvalue weighted by Gasteiger charge is 2.38. The zero-order chi connectivity index (χ0) is 24.3. The Labute approximate surface area is 188 Å². The summed E-state index contributed by atoms with van der Waals surface area (Å²) in [6.45, 7) is 0.307. The molecule has 2 heterocycles. The highest BCUT2D eigenvalue weighted by molar-refractivity contribution is 5.97. The van der Waals surface area contributed by atoms with E-state index in [2.05, 4.69) is 4.98 Å². The summed E-state index contributed by atoms with van der Waals surface area (Å²) in [6, 6.07) is 7.13. The number of likely N-dealkylation sites (N-methyl/N-ethyl adjacent to an activating group) is 1. The number of hydrogen-bond donors (Lipinski definition) is 0. The number of nitrogens with zero attached hydrogens (tertiary/aromatic N) is 5. The fourth-order valence-corrected chi connectivity index (χ4v) is 3.62. The van der Waals surface area contributed by atoms with Gasteiger partial charge < -0.3 is 19.4 Å². The Kier molecular flexibility index (Phi) is 6.76. The molecule has 0 bridgehead atoms. The van der Waals surface area contributed by atoms with Crippen molar-refractivity contribution >= 4 is 17.5 Å². The van der Waals surface area contributed by atoms with Crippen molar-refractivity contribution in [1.82, 2.24) is 14.8 Å². The number of anilines is 1. The van der Waals surface area contributed by atoms with Crippen LogP contribution in [0.25, 0.3) is 0 Å². The lowest BCUT2D eigenvalue weighted by atomic mass is 10.0. The first-order valence-corrected chi connectivity index (χ1v) is 9.95. The molecule has 1 aliphatic heterocycles. The van der Waals surface area contributed by atoms with E-state index >= 15 is 0 Å². The first-order chi connectivity index (χ1) is 15.6. The molecule has 1 aromatic carbocycles. The zero-order valence-electron chi connectivity index (χ0n) is 18.3. The van der Waals surface area contributed by atoms with E-state index in [1.54, 1.807) is 25.1 Å². The fraction of sp³-hybridized carbons (Fsp3) is 0.364. The van der Waals surface area contributed by atoms with Crippen LogP contribution in [0, 0.1) is 11.3 Å². The van der Waals surface area contributed by atoms with E-state index in [9.17, 15) is 22.8 Å². The molecule has 2 aromatic rings. The normalized spacial score (nSPS) is 16.2. The average molecular weight is 461 g/mol. The van der Waals surface area contributed by atoms with E-state index in [1.807, 2.05) is 0 Å². The van der Waals surface area contributed by atoms with E-state index in [4.69, 9.17) is 10.00 Å². The number of ether oxygens (including phenoxy) is 1. The summed E-state index contributed by atoms with van der Waals surface area (Å²) in [5.41, 5.74) is -1.04. The van der Waals surface area contributed by atoms with Crippen molar-refractivity contribution in [3.05, 3.63) is 53.2 Å². The van der Waals surface area contributed by atoms with Gasteiger partial charge in [0.25, 0.3) is 5.91 Å². The van der Waals surface area contributed by atoms with Gasteiger partial charge in [0.15, 0.2) is 0 Å². The topological polar surface area (TPSA) is 89.8 Å². The van der Waals surface area contributed by atoms with Crippen molar-refractivity contribution in [3.8, 4) is 11.9 Å². The lowest BCUT2D eigenvalue weighted by Crippen LogP contribution is -2.60. The number of carbonyl (C=O) groups is 2. The predicted octanol–water partition coefficient (Wildman–Crippen LogP) is 2.40. The number of nitriles is 1. The Balaban J connectivity index is 1.91. The maximum atomic E-state index is 13.4. The second-order valence-corrected chi connectivity index (χ2v) is 7.62. The Bertz CT molecular complexity index is 1080. The third kappa shape index (κ3) is 5.00. The van der Waals surface area contributed by atoms with Gasteiger partial charge >= 0.3 is 6.18 Å². The van der Waals surface area contributed by atoms with E-state index in [1.165, 1.54) is 41.3 Å².